The molecule has 0 saturated carbocycles. The molecule has 1 rings (SSSR count). The number of carbonyl (C=O) groups is 2. The van der Waals surface area contributed by atoms with E-state index in [1.54, 1.807) is 19.1 Å². The summed E-state index contributed by atoms with van der Waals surface area (Å²) in [5.74, 6) is 0.484. The van der Waals surface area contributed by atoms with Gasteiger partial charge in [-0.1, -0.05) is 36.0 Å². The van der Waals surface area contributed by atoms with Gasteiger partial charge in [0.1, 0.15) is 5.60 Å². The van der Waals surface area contributed by atoms with Gasteiger partial charge in [-0.05, 0) is 44.9 Å². The highest BCUT2D eigenvalue weighted by atomic mass is 32.2. The number of ether oxygens (including phenoxy) is 1. The maximum absolute atomic E-state index is 11.9. The summed E-state index contributed by atoms with van der Waals surface area (Å²) in [6.45, 7) is 7.12. The fraction of sp³-hybridized carbons (Fsp3) is 0.412. The van der Waals surface area contributed by atoms with Gasteiger partial charge in [0.15, 0.2) is 5.12 Å². The van der Waals surface area contributed by atoms with Gasteiger partial charge in [-0.25, -0.2) is 4.79 Å². The van der Waals surface area contributed by atoms with Gasteiger partial charge in [0.2, 0.25) is 0 Å². The lowest BCUT2D eigenvalue weighted by Gasteiger charge is -2.19. The van der Waals surface area contributed by atoms with Gasteiger partial charge in [-0.2, -0.15) is 0 Å². The number of benzene rings is 1. The van der Waals surface area contributed by atoms with Crippen LogP contribution < -0.4 is 0 Å². The van der Waals surface area contributed by atoms with Crippen LogP contribution >= 0.6 is 11.8 Å². The third kappa shape index (κ3) is 7.71. The van der Waals surface area contributed by atoms with E-state index >= 15 is 0 Å². The van der Waals surface area contributed by atoms with Crippen molar-refractivity contribution >= 4 is 28.9 Å². The Balaban J connectivity index is 2.52. The van der Waals surface area contributed by atoms with E-state index in [9.17, 15) is 9.59 Å². The zero-order chi connectivity index (χ0) is 15.9. The summed E-state index contributed by atoms with van der Waals surface area (Å²) in [7, 11) is 0. The Labute approximate surface area is 130 Å². The summed E-state index contributed by atoms with van der Waals surface area (Å²) in [5.41, 5.74) is 1.09. The highest BCUT2D eigenvalue weighted by Gasteiger charge is 2.17. The van der Waals surface area contributed by atoms with Crippen molar-refractivity contribution in [1.82, 2.24) is 0 Å². The third-order valence-corrected chi connectivity index (χ3v) is 3.29. The predicted molar refractivity (Wildman–Crippen MR) is 88.4 cm³/mol. The van der Waals surface area contributed by atoms with Crippen LogP contribution in [-0.4, -0.2) is 22.4 Å². The summed E-state index contributed by atoms with van der Waals surface area (Å²) in [5, 5.41) is 0.144. The van der Waals surface area contributed by atoms with Gasteiger partial charge in [-0.15, -0.1) is 0 Å². The Morgan fingerprint density at radius 2 is 1.81 bits per heavy atom. The number of rotatable bonds is 5. The van der Waals surface area contributed by atoms with Crippen LogP contribution in [0.15, 0.2) is 30.3 Å². The minimum atomic E-state index is -0.482. The number of esters is 1. The molecule has 114 valence electrons. The zero-order valence-electron chi connectivity index (χ0n) is 13.0. The van der Waals surface area contributed by atoms with E-state index in [0.717, 1.165) is 17.7 Å². The first-order chi connectivity index (χ1) is 9.78. The van der Waals surface area contributed by atoms with E-state index in [1.165, 1.54) is 11.8 Å². The molecule has 0 amide bonds. The van der Waals surface area contributed by atoms with Gasteiger partial charge in [0.05, 0.1) is 5.56 Å². The van der Waals surface area contributed by atoms with E-state index < -0.39 is 5.60 Å². The largest absolute Gasteiger partial charge is 0.456 e. The molecule has 0 saturated heterocycles. The molecule has 0 aliphatic carbocycles. The van der Waals surface area contributed by atoms with Crippen LogP contribution in [0.2, 0.25) is 0 Å². The predicted octanol–water partition coefficient (Wildman–Crippen LogP) is 4.32. The Hall–Kier alpha value is -1.55. The van der Waals surface area contributed by atoms with E-state index in [2.05, 4.69) is 0 Å². The van der Waals surface area contributed by atoms with Crippen molar-refractivity contribution in [2.75, 3.05) is 5.75 Å². The summed E-state index contributed by atoms with van der Waals surface area (Å²) >= 11 is 1.33. The van der Waals surface area contributed by atoms with Crippen molar-refractivity contribution in [2.45, 2.75) is 39.7 Å². The van der Waals surface area contributed by atoms with Gasteiger partial charge in [0, 0.05) is 12.7 Å². The Morgan fingerprint density at radius 1 is 1.19 bits per heavy atom. The van der Waals surface area contributed by atoms with Crippen LogP contribution in [0.25, 0.3) is 6.08 Å². The number of hydrogen-bond acceptors (Lipinski definition) is 4. The minimum Gasteiger partial charge on any atom is -0.456 e. The molecule has 1 aromatic rings. The van der Waals surface area contributed by atoms with E-state index in [1.807, 2.05) is 45.1 Å². The molecule has 21 heavy (non-hydrogen) atoms. The SMILES string of the molecule is CC(=O)SCCC=Cc1ccc(C(=O)OC(C)(C)C)cc1. The first-order valence-electron chi connectivity index (χ1n) is 6.91. The fourth-order valence-corrected chi connectivity index (χ4v) is 2.10. The highest BCUT2D eigenvalue weighted by molar-refractivity contribution is 8.13. The quantitative estimate of drug-likeness (QED) is 0.600. The molecule has 0 aromatic heterocycles. The van der Waals surface area contributed by atoms with Crippen molar-refractivity contribution in [3.05, 3.63) is 41.5 Å². The average Bonchev–Trinajstić information content (AvgIpc) is 2.36. The number of hydrogen-bond donors (Lipinski definition) is 0. The van der Waals surface area contributed by atoms with Gasteiger partial charge >= 0.3 is 5.97 Å². The maximum atomic E-state index is 11.9. The number of thioether (sulfide) groups is 1. The maximum Gasteiger partial charge on any atom is 0.338 e. The second kappa shape index (κ2) is 8.03. The van der Waals surface area contributed by atoms with Crippen molar-refractivity contribution in [3.8, 4) is 0 Å². The smallest absolute Gasteiger partial charge is 0.338 e. The highest BCUT2D eigenvalue weighted by Crippen LogP contribution is 2.14. The molecule has 0 radical (unpaired) electrons. The Bertz CT molecular complexity index is 510. The second-order valence-electron chi connectivity index (χ2n) is 5.65. The Morgan fingerprint density at radius 3 is 2.33 bits per heavy atom. The lowest BCUT2D eigenvalue weighted by molar-refractivity contribution is -0.109. The van der Waals surface area contributed by atoms with E-state index in [0.29, 0.717) is 5.56 Å². The standard InChI is InChI=1S/C17H22O3S/c1-13(18)21-12-6-5-7-14-8-10-15(11-9-14)16(19)20-17(2,3)4/h5,7-11H,6,12H2,1-4H3. The molecule has 0 aliphatic heterocycles. The molecule has 0 N–H and O–H groups in total. The topological polar surface area (TPSA) is 43.4 Å². The molecule has 0 heterocycles. The van der Waals surface area contributed by atoms with Crippen LogP contribution in [0, 0.1) is 0 Å². The number of allylic oxidation sites excluding steroid dienone is 1. The van der Waals surface area contributed by atoms with Crippen LogP contribution in [0.1, 0.15) is 50.0 Å². The number of carbonyl (C=O) groups excluding carboxylic acids is 2. The molecule has 1 aromatic carbocycles. The Kier molecular flexibility index (Phi) is 6.69. The second-order valence-corrected chi connectivity index (χ2v) is 6.93. The monoisotopic (exact) mass is 306 g/mol. The summed E-state index contributed by atoms with van der Waals surface area (Å²) in [6.07, 6.45) is 4.86. The van der Waals surface area contributed by atoms with Crippen molar-refractivity contribution in [1.29, 1.82) is 0 Å². The molecule has 0 unspecified atom stereocenters. The molecule has 0 bridgehead atoms. The van der Waals surface area contributed by atoms with Gasteiger partial charge in [0.25, 0.3) is 0 Å². The average molecular weight is 306 g/mol. The summed E-state index contributed by atoms with van der Waals surface area (Å²) < 4.78 is 5.31. The van der Waals surface area contributed by atoms with E-state index in [-0.39, 0.29) is 11.1 Å². The van der Waals surface area contributed by atoms with Crippen molar-refractivity contribution < 1.29 is 14.3 Å². The summed E-state index contributed by atoms with van der Waals surface area (Å²) in [6, 6.07) is 7.29. The lowest BCUT2D eigenvalue weighted by atomic mass is 10.1. The van der Waals surface area contributed by atoms with Crippen LogP contribution in [-0.2, 0) is 9.53 Å². The molecule has 3 nitrogen and oxygen atoms in total. The molecule has 0 fully saturated rings. The zero-order valence-corrected chi connectivity index (χ0v) is 13.8. The van der Waals surface area contributed by atoms with Crippen molar-refractivity contribution in [2.24, 2.45) is 0 Å². The molecule has 0 atom stereocenters. The van der Waals surface area contributed by atoms with Crippen LogP contribution in [0.4, 0.5) is 0 Å². The van der Waals surface area contributed by atoms with E-state index in [4.69, 9.17) is 4.74 Å². The normalized spacial score (nSPS) is 11.6. The molecular weight excluding hydrogens is 284 g/mol. The molecule has 0 aliphatic rings. The van der Waals surface area contributed by atoms with Crippen LogP contribution in [0.3, 0.4) is 0 Å². The fourth-order valence-electron chi connectivity index (χ4n) is 1.56. The van der Waals surface area contributed by atoms with Gasteiger partial charge in [-0.3, -0.25) is 4.79 Å². The first kappa shape index (κ1) is 17.5. The molecule has 0 spiro atoms. The van der Waals surface area contributed by atoms with Crippen LogP contribution in [0.5, 0.6) is 0 Å². The van der Waals surface area contributed by atoms with Crippen molar-refractivity contribution in [3.63, 3.8) is 0 Å². The molecule has 4 heteroatoms. The molecular formula is C17H22O3S. The lowest BCUT2D eigenvalue weighted by Crippen LogP contribution is -2.23. The van der Waals surface area contributed by atoms with Gasteiger partial charge < -0.3 is 4.74 Å². The third-order valence-electron chi connectivity index (χ3n) is 2.45. The minimum absolute atomic E-state index is 0.144. The first-order valence-corrected chi connectivity index (χ1v) is 7.90. The summed E-state index contributed by atoms with van der Waals surface area (Å²) in [4.78, 5) is 22.6.